The summed E-state index contributed by atoms with van der Waals surface area (Å²) in [6, 6.07) is 6.52. The molecule has 2 aliphatic rings. The molecular weight excluding hydrogens is 279 g/mol. The molecule has 2 saturated carbocycles. The Balaban J connectivity index is 1.77. The van der Waals surface area contributed by atoms with Crippen LogP contribution in [0, 0.1) is 17.8 Å². The van der Waals surface area contributed by atoms with Crippen LogP contribution in [0.5, 0.6) is 5.75 Å². The largest absolute Gasteiger partial charge is 0.573 e. The van der Waals surface area contributed by atoms with Gasteiger partial charge in [-0.3, -0.25) is 0 Å². The van der Waals surface area contributed by atoms with Crippen LogP contribution in [0.3, 0.4) is 0 Å². The van der Waals surface area contributed by atoms with Crippen molar-refractivity contribution in [2.45, 2.75) is 38.6 Å². The lowest BCUT2D eigenvalue weighted by Gasteiger charge is -2.26. The van der Waals surface area contributed by atoms with Gasteiger partial charge in [0, 0.05) is 6.04 Å². The quantitative estimate of drug-likeness (QED) is 0.876. The molecule has 116 valence electrons. The van der Waals surface area contributed by atoms with Crippen LogP contribution in [0.25, 0.3) is 0 Å². The van der Waals surface area contributed by atoms with Gasteiger partial charge in [0.15, 0.2) is 0 Å². The zero-order chi connectivity index (χ0) is 15.0. The van der Waals surface area contributed by atoms with E-state index < -0.39 is 6.36 Å². The SMILES string of the molecule is CCNC(c1cccc(OC(F)(F)F)c1)C1CC2CC2C1. The van der Waals surface area contributed by atoms with Crippen LogP contribution in [-0.2, 0) is 0 Å². The summed E-state index contributed by atoms with van der Waals surface area (Å²) in [7, 11) is 0. The predicted octanol–water partition coefficient (Wildman–Crippen LogP) is 4.28. The fourth-order valence-corrected chi connectivity index (χ4v) is 3.72. The van der Waals surface area contributed by atoms with E-state index in [1.54, 1.807) is 6.07 Å². The summed E-state index contributed by atoms with van der Waals surface area (Å²) in [5.41, 5.74) is 0.893. The van der Waals surface area contributed by atoms with E-state index in [1.807, 2.05) is 13.0 Å². The Bertz CT molecular complexity index is 493. The van der Waals surface area contributed by atoms with Crippen LogP contribution in [0.15, 0.2) is 24.3 Å². The fourth-order valence-electron chi connectivity index (χ4n) is 3.72. The lowest BCUT2D eigenvalue weighted by molar-refractivity contribution is -0.274. The maximum Gasteiger partial charge on any atom is 0.573 e. The summed E-state index contributed by atoms with van der Waals surface area (Å²) in [5, 5.41) is 3.44. The van der Waals surface area contributed by atoms with Crippen LogP contribution in [0.1, 0.15) is 37.8 Å². The van der Waals surface area contributed by atoms with Crippen LogP contribution in [0.2, 0.25) is 0 Å². The lowest BCUT2D eigenvalue weighted by atomic mass is 9.89. The van der Waals surface area contributed by atoms with E-state index in [-0.39, 0.29) is 11.8 Å². The van der Waals surface area contributed by atoms with Crippen molar-refractivity contribution in [1.29, 1.82) is 0 Å². The molecule has 0 aromatic heterocycles. The van der Waals surface area contributed by atoms with Gasteiger partial charge in [0.25, 0.3) is 0 Å². The Morgan fingerprint density at radius 1 is 1.24 bits per heavy atom. The first-order valence-corrected chi connectivity index (χ1v) is 7.55. The van der Waals surface area contributed by atoms with Crippen molar-refractivity contribution < 1.29 is 17.9 Å². The van der Waals surface area contributed by atoms with E-state index in [9.17, 15) is 13.2 Å². The van der Waals surface area contributed by atoms with Crippen LogP contribution in [-0.4, -0.2) is 12.9 Å². The monoisotopic (exact) mass is 299 g/mol. The highest BCUT2D eigenvalue weighted by Gasteiger charge is 2.48. The molecule has 3 atom stereocenters. The van der Waals surface area contributed by atoms with Crippen LogP contribution < -0.4 is 10.1 Å². The molecule has 5 heteroatoms. The molecule has 0 heterocycles. The van der Waals surface area contributed by atoms with Gasteiger partial charge < -0.3 is 10.1 Å². The average molecular weight is 299 g/mol. The maximum absolute atomic E-state index is 12.3. The topological polar surface area (TPSA) is 21.3 Å². The summed E-state index contributed by atoms with van der Waals surface area (Å²) < 4.78 is 41.1. The van der Waals surface area contributed by atoms with Gasteiger partial charge in [0.2, 0.25) is 0 Å². The molecule has 1 aromatic rings. The minimum atomic E-state index is -4.64. The molecule has 0 spiro atoms. The number of halogens is 3. The van der Waals surface area contributed by atoms with E-state index in [0.717, 1.165) is 23.9 Å². The lowest BCUT2D eigenvalue weighted by Crippen LogP contribution is -2.28. The highest BCUT2D eigenvalue weighted by molar-refractivity contribution is 5.31. The number of nitrogens with one attached hydrogen (secondary N) is 1. The summed E-state index contributed by atoms with van der Waals surface area (Å²) in [4.78, 5) is 0. The van der Waals surface area contributed by atoms with Gasteiger partial charge in [0.1, 0.15) is 5.75 Å². The molecule has 2 nitrogen and oxygen atoms in total. The normalized spacial score (nSPS) is 29.0. The van der Waals surface area contributed by atoms with Gasteiger partial charge in [-0.25, -0.2) is 0 Å². The van der Waals surface area contributed by atoms with E-state index in [2.05, 4.69) is 10.1 Å². The van der Waals surface area contributed by atoms with Gasteiger partial charge in [-0.1, -0.05) is 19.1 Å². The highest BCUT2D eigenvalue weighted by atomic mass is 19.4. The molecule has 2 fully saturated rings. The van der Waals surface area contributed by atoms with Crippen molar-refractivity contribution in [3.8, 4) is 5.75 Å². The predicted molar refractivity (Wildman–Crippen MR) is 73.9 cm³/mol. The molecule has 0 bridgehead atoms. The van der Waals surface area contributed by atoms with Crippen LogP contribution in [0.4, 0.5) is 13.2 Å². The number of hydrogen-bond donors (Lipinski definition) is 1. The van der Waals surface area contributed by atoms with Crippen LogP contribution >= 0.6 is 0 Å². The Hall–Kier alpha value is -1.23. The van der Waals surface area contributed by atoms with Crippen molar-refractivity contribution in [3.63, 3.8) is 0 Å². The molecule has 0 amide bonds. The van der Waals surface area contributed by atoms with Gasteiger partial charge in [-0.05, 0) is 61.3 Å². The number of alkyl halides is 3. The number of fused-ring (bicyclic) bond motifs is 1. The van der Waals surface area contributed by atoms with Gasteiger partial charge in [-0.15, -0.1) is 13.2 Å². The molecule has 0 aliphatic heterocycles. The second kappa shape index (κ2) is 5.52. The first-order valence-electron chi connectivity index (χ1n) is 7.55. The zero-order valence-electron chi connectivity index (χ0n) is 12.0. The number of rotatable bonds is 5. The van der Waals surface area contributed by atoms with Crippen molar-refractivity contribution in [2.75, 3.05) is 6.54 Å². The smallest absolute Gasteiger partial charge is 0.406 e. The maximum atomic E-state index is 12.3. The number of ether oxygens (including phenoxy) is 1. The first kappa shape index (κ1) is 14.7. The molecular formula is C16H20F3NO. The van der Waals surface area contributed by atoms with Crippen molar-refractivity contribution in [1.82, 2.24) is 5.32 Å². The molecule has 21 heavy (non-hydrogen) atoms. The van der Waals surface area contributed by atoms with E-state index >= 15 is 0 Å². The van der Waals surface area contributed by atoms with E-state index in [0.29, 0.717) is 5.92 Å². The molecule has 0 radical (unpaired) electrons. The second-order valence-corrected chi connectivity index (χ2v) is 6.14. The zero-order valence-corrected chi connectivity index (χ0v) is 12.0. The number of benzene rings is 1. The molecule has 1 aromatic carbocycles. The summed E-state index contributed by atoms with van der Waals surface area (Å²) in [6.45, 7) is 2.83. The summed E-state index contributed by atoms with van der Waals surface area (Å²) in [5.74, 6) is 2.09. The Morgan fingerprint density at radius 2 is 1.95 bits per heavy atom. The van der Waals surface area contributed by atoms with Gasteiger partial charge in [0.05, 0.1) is 0 Å². The van der Waals surface area contributed by atoms with Crippen molar-refractivity contribution in [3.05, 3.63) is 29.8 Å². The minimum absolute atomic E-state index is 0.125. The molecule has 3 unspecified atom stereocenters. The van der Waals surface area contributed by atoms with Crippen molar-refractivity contribution >= 4 is 0 Å². The highest BCUT2D eigenvalue weighted by Crippen LogP contribution is 2.57. The molecule has 1 N–H and O–H groups in total. The Morgan fingerprint density at radius 3 is 2.57 bits per heavy atom. The second-order valence-electron chi connectivity index (χ2n) is 6.14. The summed E-state index contributed by atoms with van der Waals surface area (Å²) >= 11 is 0. The molecule has 3 rings (SSSR count). The van der Waals surface area contributed by atoms with E-state index in [4.69, 9.17) is 0 Å². The minimum Gasteiger partial charge on any atom is -0.406 e. The molecule has 0 saturated heterocycles. The van der Waals surface area contributed by atoms with Crippen molar-refractivity contribution in [2.24, 2.45) is 17.8 Å². The summed E-state index contributed by atoms with van der Waals surface area (Å²) in [6.07, 6.45) is -0.923. The third-order valence-electron chi connectivity index (χ3n) is 4.63. The van der Waals surface area contributed by atoms with E-state index in [1.165, 1.54) is 31.4 Å². The Labute approximate surface area is 122 Å². The standard InChI is InChI=1S/C16H20F3NO/c1-2-20-15(13-7-11-6-12(11)8-13)10-4-3-5-14(9-10)21-16(17,18)19/h3-5,9,11-13,15,20H,2,6-8H2,1H3. The third-order valence-corrected chi connectivity index (χ3v) is 4.63. The Kier molecular flexibility index (Phi) is 3.86. The van der Waals surface area contributed by atoms with Gasteiger partial charge in [-0.2, -0.15) is 0 Å². The fraction of sp³-hybridized carbons (Fsp3) is 0.625. The van der Waals surface area contributed by atoms with Gasteiger partial charge >= 0.3 is 6.36 Å². The number of hydrogen-bond acceptors (Lipinski definition) is 2. The average Bonchev–Trinajstić information content (AvgIpc) is 3.01. The molecule has 2 aliphatic carbocycles. The third kappa shape index (κ3) is 3.51. The first-order chi connectivity index (χ1) is 9.96.